The van der Waals surface area contributed by atoms with Crippen LogP contribution in [0.5, 0.6) is 0 Å². The number of aliphatic hydroxyl groups is 1. The molecule has 0 bridgehead atoms. The molecule has 0 aliphatic carbocycles. The summed E-state index contributed by atoms with van der Waals surface area (Å²) in [6.07, 6.45) is -1.11. The molecule has 0 amide bonds. The number of aryl methyl sites for hydroxylation is 1. The minimum atomic E-state index is -1.11. The highest BCUT2D eigenvalue weighted by Gasteiger charge is 2.16. The summed E-state index contributed by atoms with van der Waals surface area (Å²) >= 11 is 0. The maximum absolute atomic E-state index is 13.7. The number of hydrogen-bond donors (Lipinski definition) is 1. The molecule has 3 rings (SSSR count). The monoisotopic (exact) mass is 298 g/mol. The first kappa shape index (κ1) is 14.4. The molecule has 0 fully saturated rings. The van der Waals surface area contributed by atoms with Crippen molar-refractivity contribution in [2.45, 2.75) is 19.6 Å². The summed E-state index contributed by atoms with van der Waals surface area (Å²) in [4.78, 5) is 16.9. The number of nitrogens with zero attached hydrogens (tertiary/aromatic N) is 2. The molecule has 0 spiro atoms. The van der Waals surface area contributed by atoms with Gasteiger partial charge in [-0.15, -0.1) is 0 Å². The quantitative estimate of drug-likeness (QED) is 0.808. The van der Waals surface area contributed by atoms with E-state index in [2.05, 4.69) is 4.98 Å². The van der Waals surface area contributed by atoms with Gasteiger partial charge in [0.1, 0.15) is 11.6 Å². The zero-order valence-corrected chi connectivity index (χ0v) is 12.0. The highest BCUT2D eigenvalue weighted by atomic mass is 19.1. The van der Waals surface area contributed by atoms with Crippen LogP contribution in [0.1, 0.15) is 17.5 Å². The van der Waals surface area contributed by atoms with E-state index in [-0.39, 0.29) is 17.7 Å². The fourth-order valence-electron chi connectivity index (χ4n) is 2.51. The van der Waals surface area contributed by atoms with Gasteiger partial charge >= 0.3 is 0 Å². The third-order valence-electron chi connectivity index (χ3n) is 3.67. The molecule has 22 heavy (non-hydrogen) atoms. The first-order valence-corrected chi connectivity index (χ1v) is 6.96. The molecule has 4 nitrogen and oxygen atoms in total. The molecule has 3 aromatic rings. The van der Waals surface area contributed by atoms with Crippen LogP contribution in [0.15, 0.2) is 53.3 Å². The molecule has 0 radical (unpaired) electrons. The second kappa shape index (κ2) is 5.69. The summed E-state index contributed by atoms with van der Waals surface area (Å²) in [5.74, 6) is -0.00598. The molecule has 1 unspecified atom stereocenters. The molecule has 0 saturated carbocycles. The van der Waals surface area contributed by atoms with E-state index >= 15 is 0 Å². The topological polar surface area (TPSA) is 55.1 Å². The van der Waals surface area contributed by atoms with Gasteiger partial charge in [-0.1, -0.05) is 30.3 Å². The van der Waals surface area contributed by atoms with Crippen molar-refractivity contribution < 1.29 is 9.50 Å². The Hall–Kier alpha value is -2.53. The van der Waals surface area contributed by atoms with Crippen LogP contribution in [0.3, 0.4) is 0 Å². The van der Waals surface area contributed by atoms with Gasteiger partial charge in [0.25, 0.3) is 5.56 Å². The summed E-state index contributed by atoms with van der Waals surface area (Å²) < 4.78 is 15.1. The Morgan fingerprint density at radius 1 is 1.18 bits per heavy atom. The van der Waals surface area contributed by atoms with Crippen LogP contribution in [0.2, 0.25) is 0 Å². The number of halogens is 1. The molecule has 1 N–H and O–H groups in total. The molecule has 0 saturated heterocycles. The number of rotatable bonds is 3. The first-order valence-electron chi connectivity index (χ1n) is 6.96. The molecule has 5 heteroatoms. The van der Waals surface area contributed by atoms with Gasteiger partial charge < -0.3 is 5.11 Å². The van der Waals surface area contributed by atoms with Crippen molar-refractivity contribution in [3.63, 3.8) is 0 Å². The number of hydrogen-bond acceptors (Lipinski definition) is 3. The summed E-state index contributed by atoms with van der Waals surface area (Å²) in [7, 11) is 0. The zero-order valence-electron chi connectivity index (χ0n) is 12.0. The zero-order chi connectivity index (χ0) is 15.7. The summed E-state index contributed by atoms with van der Waals surface area (Å²) in [6.45, 7) is 1.66. The Bertz CT molecular complexity index is 889. The van der Waals surface area contributed by atoms with Crippen molar-refractivity contribution in [3.8, 4) is 0 Å². The number of fused-ring (bicyclic) bond motifs is 1. The maximum Gasteiger partial charge on any atom is 0.261 e. The van der Waals surface area contributed by atoms with Gasteiger partial charge in [0.05, 0.1) is 23.6 Å². The summed E-state index contributed by atoms with van der Waals surface area (Å²) in [5, 5.41) is 10.7. The van der Waals surface area contributed by atoms with Gasteiger partial charge in [-0.05, 0) is 25.1 Å². The van der Waals surface area contributed by atoms with Gasteiger partial charge in [-0.25, -0.2) is 9.37 Å². The number of aliphatic hydroxyl groups excluding tert-OH is 1. The van der Waals surface area contributed by atoms with Gasteiger partial charge in [-0.3, -0.25) is 9.36 Å². The smallest absolute Gasteiger partial charge is 0.261 e. The van der Waals surface area contributed by atoms with Crippen molar-refractivity contribution in [2.24, 2.45) is 0 Å². The third kappa shape index (κ3) is 2.51. The first-order chi connectivity index (χ1) is 10.6. The lowest BCUT2D eigenvalue weighted by molar-refractivity contribution is 0.149. The number of aromatic nitrogens is 2. The van der Waals surface area contributed by atoms with Crippen LogP contribution < -0.4 is 5.56 Å². The van der Waals surface area contributed by atoms with Gasteiger partial charge in [-0.2, -0.15) is 0 Å². The van der Waals surface area contributed by atoms with E-state index in [1.165, 1.54) is 16.7 Å². The van der Waals surface area contributed by atoms with Crippen LogP contribution in [-0.2, 0) is 6.54 Å². The number of benzene rings is 2. The molecule has 0 aliphatic heterocycles. The lowest BCUT2D eigenvalue weighted by Gasteiger charge is -2.16. The standard InChI is InChI=1S/C17H15FN2O2/c1-11-19-15-9-5-3-7-13(15)17(22)20(11)10-16(21)12-6-2-4-8-14(12)18/h2-9,16,21H,10H2,1H3. The van der Waals surface area contributed by atoms with E-state index in [9.17, 15) is 14.3 Å². The fourth-order valence-corrected chi connectivity index (χ4v) is 2.51. The van der Waals surface area contributed by atoms with Crippen LogP contribution in [0.25, 0.3) is 10.9 Å². The normalized spacial score (nSPS) is 12.5. The maximum atomic E-state index is 13.7. The average molecular weight is 298 g/mol. The van der Waals surface area contributed by atoms with Crippen LogP contribution >= 0.6 is 0 Å². The minimum absolute atomic E-state index is 0.0383. The molecule has 112 valence electrons. The van der Waals surface area contributed by atoms with E-state index in [1.54, 1.807) is 37.3 Å². The van der Waals surface area contributed by atoms with Crippen LogP contribution in [0, 0.1) is 12.7 Å². The highest BCUT2D eigenvalue weighted by Crippen LogP contribution is 2.18. The fraction of sp³-hybridized carbons (Fsp3) is 0.176. The SMILES string of the molecule is Cc1nc2ccccc2c(=O)n1CC(O)c1ccccc1F. The molecule has 1 atom stereocenters. The second-order valence-corrected chi connectivity index (χ2v) is 5.13. The van der Waals surface area contributed by atoms with E-state index in [0.717, 1.165) is 0 Å². The molecule has 0 aliphatic rings. The van der Waals surface area contributed by atoms with Crippen molar-refractivity contribution in [3.05, 3.63) is 76.1 Å². The van der Waals surface area contributed by atoms with Crippen molar-refractivity contribution >= 4 is 10.9 Å². The van der Waals surface area contributed by atoms with Gasteiger partial charge in [0.15, 0.2) is 0 Å². The number of para-hydroxylation sites is 1. The lowest BCUT2D eigenvalue weighted by atomic mass is 10.1. The summed E-state index contributed by atoms with van der Waals surface area (Å²) in [6, 6.07) is 13.0. The molecule has 1 heterocycles. The molecule has 1 aromatic heterocycles. The Morgan fingerprint density at radius 2 is 1.86 bits per heavy atom. The average Bonchev–Trinajstić information content (AvgIpc) is 2.51. The Morgan fingerprint density at radius 3 is 2.64 bits per heavy atom. The Kier molecular flexibility index (Phi) is 3.73. The van der Waals surface area contributed by atoms with E-state index in [4.69, 9.17) is 0 Å². The van der Waals surface area contributed by atoms with E-state index in [0.29, 0.717) is 16.7 Å². The molecular formula is C17H15FN2O2. The van der Waals surface area contributed by atoms with Gasteiger partial charge in [0.2, 0.25) is 0 Å². The van der Waals surface area contributed by atoms with Crippen LogP contribution in [-0.4, -0.2) is 14.7 Å². The largest absolute Gasteiger partial charge is 0.386 e. The molecular weight excluding hydrogens is 283 g/mol. The summed E-state index contributed by atoms with van der Waals surface area (Å²) in [5.41, 5.74) is 0.544. The van der Waals surface area contributed by atoms with Gasteiger partial charge in [0, 0.05) is 5.56 Å². The second-order valence-electron chi connectivity index (χ2n) is 5.13. The lowest BCUT2D eigenvalue weighted by Crippen LogP contribution is -2.27. The van der Waals surface area contributed by atoms with E-state index < -0.39 is 11.9 Å². The molecule has 2 aromatic carbocycles. The predicted molar refractivity (Wildman–Crippen MR) is 82.1 cm³/mol. The van der Waals surface area contributed by atoms with Crippen molar-refractivity contribution in [1.29, 1.82) is 0 Å². The third-order valence-corrected chi connectivity index (χ3v) is 3.67. The van der Waals surface area contributed by atoms with E-state index in [1.807, 2.05) is 6.07 Å². The Balaban J connectivity index is 2.04. The minimum Gasteiger partial charge on any atom is -0.386 e. The van der Waals surface area contributed by atoms with Crippen molar-refractivity contribution in [1.82, 2.24) is 9.55 Å². The van der Waals surface area contributed by atoms with Crippen molar-refractivity contribution in [2.75, 3.05) is 0 Å². The predicted octanol–water partition coefficient (Wildman–Crippen LogP) is 2.58. The highest BCUT2D eigenvalue weighted by molar-refractivity contribution is 5.77. The Labute approximate surface area is 126 Å². The van der Waals surface area contributed by atoms with Crippen LogP contribution in [0.4, 0.5) is 4.39 Å².